The topological polar surface area (TPSA) is 26.3 Å². The van der Waals surface area contributed by atoms with Crippen molar-refractivity contribution < 1.29 is 9.53 Å². The van der Waals surface area contributed by atoms with E-state index >= 15 is 0 Å². The van der Waals surface area contributed by atoms with Crippen molar-refractivity contribution in [3.63, 3.8) is 0 Å². The van der Waals surface area contributed by atoms with Gasteiger partial charge in [-0.25, -0.2) is 0 Å². The fourth-order valence-corrected chi connectivity index (χ4v) is 4.77. The summed E-state index contributed by atoms with van der Waals surface area (Å²) in [7, 11) is -1.38. The van der Waals surface area contributed by atoms with Crippen LogP contribution in [0.15, 0.2) is 12.2 Å². The minimum atomic E-state index is -1.38. The monoisotopic (exact) mass is 224 g/mol. The van der Waals surface area contributed by atoms with Crippen LogP contribution < -0.4 is 0 Å². The fraction of sp³-hybridized carbons (Fsp3) is 0.750. The molecule has 1 aliphatic carbocycles. The molecule has 1 fully saturated rings. The Balaban J connectivity index is 2.05. The summed E-state index contributed by atoms with van der Waals surface area (Å²) >= 11 is 0. The van der Waals surface area contributed by atoms with Crippen LogP contribution in [0.2, 0.25) is 25.2 Å². The molecule has 0 aromatic rings. The van der Waals surface area contributed by atoms with Gasteiger partial charge < -0.3 is 4.74 Å². The highest BCUT2D eigenvalue weighted by molar-refractivity contribution is 6.81. The van der Waals surface area contributed by atoms with Gasteiger partial charge in [0.25, 0.3) is 0 Å². The number of hydrogen-bond acceptors (Lipinski definition) is 2. The van der Waals surface area contributed by atoms with E-state index in [1.165, 1.54) is 6.42 Å². The Morgan fingerprint density at radius 3 is 2.53 bits per heavy atom. The van der Waals surface area contributed by atoms with E-state index in [2.05, 4.69) is 31.8 Å². The standard InChI is InChI=1S/C12H20O2Si/c1-15(2,3)11-10(14-12(11)13)9-7-5-4-6-8-9/h4-5,9-11H,6-8H2,1-3H3/t9?,10-,11+/m0/s1. The lowest BCUT2D eigenvalue weighted by Crippen LogP contribution is -2.55. The van der Waals surface area contributed by atoms with Crippen LogP contribution in [0.3, 0.4) is 0 Å². The smallest absolute Gasteiger partial charge is 0.310 e. The largest absolute Gasteiger partial charge is 0.461 e. The SMILES string of the molecule is C[Si](C)(C)[C@H]1C(=O)O[C@H]1C1CC=CCC1. The van der Waals surface area contributed by atoms with Gasteiger partial charge in [0.2, 0.25) is 0 Å². The highest BCUT2D eigenvalue weighted by Crippen LogP contribution is 2.44. The highest BCUT2D eigenvalue weighted by atomic mass is 28.3. The second-order valence-electron chi connectivity index (χ2n) is 5.79. The zero-order chi connectivity index (χ0) is 11.1. The van der Waals surface area contributed by atoms with Gasteiger partial charge in [-0.15, -0.1) is 0 Å². The molecule has 0 bridgehead atoms. The maximum absolute atomic E-state index is 11.5. The normalized spacial score (nSPS) is 35.9. The average Bonchev–Trinajstić information content (AvgIpc) is 2.12. The Morgan fingerprint density at radius 2 is 2.07 bits per heavy atom. The van der Waals surface area contributed by atoms with Gasteiger partial charge in [0, 0.05) is 5.92 Å². The summed E-state index contributed by atoms with van der Waals surface area (Å²) in [4.78, 5) is 11.5. The van der Waals surface area contributed by atoms with Crippen molar-refractivity contribution in [2.75, 3.05) is 0 Å². The van der Waals surface area contributed by atoms with Crippen molar-refractivity contribution in [2.45, 2.75) is 50.5 Å². The Labute approximate surface area is 92.7 Å². The Hall–Kier alpha value is -0.573. The number of carbonyl (C=O) groups is 1. The molecule has 1 heterocycles. The summed E-state index contributed by atoms with van der Waals surface area (Å²) in [5, 5.41) is 0. The van der Waals surface area contributed by atoms with Crippen LogP contribution in [0.5, 0.6) is 0 Å². The third-order valence-electron chi connectivity index (χ3n) is 3.54. The van der Waals surface area contributed by atoms with Gasteiger partial charge in [0.05, 0.1) is 13.6 Å². The molecule has 0 saturated carbocycles. The molecule has 0 amide bonds. The third kappa shape index (κ3) is 2.02. The first-order valence-electron chi connectivity index (χ1n) is 5.85. The van der Waals surface area contributed by atoms with Gasteiger partial charge in [0.1, 0.15) is 6.10 Å². The van der Waals surface area contributed by atoms with Gasteiger partial charge in [-0.1, -0.05) is 31.8 Å². The van der Waals surface area contributed by atoms with E-state index in [0.29, 0.717) is 5.92 Å². The number of hydrogen-bond donors (Lipinski definition) is 0. The first-order chi connectivity index (χ1) is 7.00. The molecule has 1 unspecified atom stereocenters. The van der Waals surface area contributed by atoms with Crippen LogP contribution in [-0.4, -0.2) is 20.1 Å². The minimum Gasteiger partial charge on any atom is -0.461 e. The molecule has 0 spiro atoms. The number of esters is 1. The zero-order valence-corrected chi connectivity index (χ0v) is 10.8. The van der Waals surface area contributed by atoms with E-state index < -0.39 is 8.07 Å². The molecule has 2 nitrogen and oxygen atoms in total. The summed E-state index contributed by atoms with van der Waals surface area (Å²) in [5.41, 5.74) is 0.244. The number of cyclic esters (lactones) is 1. The van der Waals surface area contributed by atoms with Crippen LogP contribution in [0, 0.1) is 5.92 Å². The molecule has 84 valence electrons. The lowest BCUT2D eigenvalue weighted by Gasteiger charge is -2.46. The second kappa shape index (κ2) is 3.78. The summed E-state index contributed by atoms with van der Waals surface area (Å²) < 4.78 is 5.38. The fourth-order valence-electron chi connectivity index (χ4n) is 2.67. The number of allylic oxidation sites excluding steroid dienone is 2. The molecule has 3 atom stereocenters. The van der Waals surface area contributed by atoms with Gasteiger partial charge in [-0.2, -0.15) is 0 Å². The van der Waals surface area contributed by atoms with Crippen molar-refractivity contribution in [1.82, 2.24) is 0 Å². The van der Waals surface area contributed by atoms with E-state index in [-0.39, 0.29) is 17.6 Å². The Morgan fingerprint density at radius 1 is 1.33 bits per heavy atom. The summed E-state index contributed by atoms with van der Waals surface area (Å²) in [5.74, 6) is 0.651. The van der Waals surface area contributed by atoms with E-state index in [1.54, 1.807) is 0 Å². The molecule has 0 aromatic heterocycles. The van der Waals surface area contributed by atoms with Crippen LogP contribution in [-0.2, 0) is 9.53 Å². The highest BCUT2D eigenvalue weighted by Gasteiger charge is 2.52. The van der Waals surface area contributed by atoms with Crippen LogP contribution in [0.4, 0.5) is 0 Å². The lowest BCUT2D eigenvalue weighted by molar-refractivity contribution is -0.175. The van der Waals surface area contributed by atoms with Crippen molar-refractivity contribution in [3.05, 3.63) is 12.2 Å². The first-order valence-corrected chi connectivity index (χ1v) is 9.43. The van der Waals surface area contributed by atoms with Crippen LogP contribution in [0.25, 0.3) is 0 Å². The summed E-state index contributed by atoms with van der Waals surface area (Å²) in [6.07, 6.45) is 8.14. The van der Waals surface area contributed by atoms with E-state index in [9.17, 15) is 4.79 Å². The van der Waals surface area contributed by atoms with Crippen molar-refractivity contribution in [2.24, 2.45) is 5.92 Å². The Kier molecular flexibility index (Phi) is 2.75. The van der Waals surface area contributed by atoms with Crippen molar-refractivity contribution in [3.8, 4) is 0 Å². The van der Waals surface area contributed by atoms with Gasteiger partial charge >= 0.3 is 5.97 Å². The molecule has 2 rings (SSSR count). The predicted molar refractivity (Wildman–Crippen MR) is 63.5 cm³/mol. The number of rotatable bonds is 2. The van der Waals surface area contributed by atoms with E-state index in [4.69, 9.17) is 4.74 Å². The minimum absolute atomic E-state index is 0.0636. The van der Waals surface area contributed by atoms with E-state index in [0.717, 1.165) is 12.8 Å². The quantitative estimate of drug-likeness (QED) is 0.409. The summed E-state index contributed by atoms with van der Waals surface area (Å²) in [6.45, 7) is 6.80. The lowest BCUT2D eigenvalue weighted by atomic mass is 9.85. The van der Waals surface area contributed by atoms with E-state index in [1.807, 2.05) is 0 Å². The van der Waals surface area contributed by atoms with Gasteiger partial charge in [0.15, 0.2) is 0 Å². The zero-order valence-electron chi connectivity index (χ0n) is 9.82. The van der Waals surface area contributed by atoms with Gasteiger partial charge in [-0.3, -0.25) is 4.79 Å². The van der Waals surface area contributed by atoms with Gasteiger partial charge in [-0.05, 0) is 19.3 Å². The van der Waals surface area contributed by atoms with Crippen LogP contribution >= 0.6 is 0 Å². The number of carbonyl (C=O) groups excluding carboxylic acids is 1. The second-order valence-corrected chi connectivity index (χ2v) is 11.1. The number of ether oxygens (including phenoxy) is 1. The molecule has 3 heteroatoms. The molecule has 2 aliphatic rings. The molecule has 0 N–H and O–H groups in total. The predicted octanol–water partition coefficient (Wildman–Crippen LogP) is 2.98. The van der Waals surface area contributed by atoms with Crippen molar-refractivity contribution >= 4 is 14.0 Å². The molecule has 15 heavy (non-hydrogen) atoms. The molecule has 0 radical (unpaired) electrons. The average molecular weight is 224 g/mol. The third-order valence-corrected chi connectivity index (χ3v) is 5.97. The molecule has 0 aromatic carbocycles. The molecular formula is C12H20O2Si. The molecule has 1 aliphatic heterocycles. The maximum atomic E-state index is 11.5. The first kappa shape index (κ1) is 10.9. The summed E-state index contributed by atoms with van der Waals surface area (Å²) in [6, 6.07) is 0. The maximum Gasteiger partial charge on any atom is 0.310 e. The Bertz CT molecular complexity index is 290. The molecule has 1 saturated heterocycles. The van der Waals surface area contributed by atoms with Crippen molar-refractivity contribution in [1.29, 1.82) is 0 Å². The molecular weight excluding hydrogens is 204 g/mol. The van der Waals surface area contributed by atoms with Crippen LogP contribution in [0.1, 0.15) is 19.3 Å².